The molecule has 0 aliphatic carbocycles. The number of carbonyl (C=O) groups is 1. The molecule has 4 heteroatoms. The summed E-state index contributed by atoms with van der Waals surface area (Å²) < 4.78 is 4.85. The Hall–Kier alpha value is -2.88. The Morgan fingerprint density at radius 1 is 1.05 bits per heavy atom. The first-order valence-electron chi connectivity index (χ1n) is 7.04. The van der Waals surface area contributed by atoms with Crippen LogP contribution in [0.1, 0.15) is 21.9 Å². The molecule has 0 saturated carbocycles. The zero-order valence-corrected chi connectivity index (χ0v) is 12.2. The van der Waals surface area contributed by atoms with E-state index in [9.17, 15) is 4.79 Å². The minimum absolute atomic E-state index is 0.389. The number of benzene rings is 2. The first kappa shape index (κ1) is 14.1. The van der Waals surface area contributed by atoms with Crippen LogP contribution in [0.25, 0.3) is 11.3 Å². The number of hydrogen-bond donors (Lipinski definition) is 1. The Labute approximate surface area is 128 Å². The molecule has 1 aromatic heterocycles. The third-order valence-corrected chi connectivity index (χ3v) is 3.40. The van der Waals surface area contributed by atoms with Gasteiger partial charge in [-0.2, -0.15) is 0 Å². The van der Waals surface area contributed by atoms with Crippen LogP contribution in [-0.4, -0.2) is 23.0 Å². The van der Waals surface area contributed by atoms with Gasteiger partial charge in [0.15, 0.2) is 5.69 Å². The topological polar surface area (TPSA) is 55.0 Å². The zero-order valence-electron chi connectivity index (χ0n) is 12.2. The van der Waals surface area contributed by atoms with Crippen molar-refractivity contribution in [2.45, 2.75) is 6.42 Å². The lowest BCUT2D eigenvalue weighted by atomic mass is 10.1. The van der Waals surface area contributed by atoms with E-state index in [1.165, 1.54) is 7.11 Å². The van der Waals surface area contributed by atoms with Gasteiger partial charge in [-0.25, -0.2) is 9.78 Å². The van der Waals surface area contributed by atoms with Crippen LogP contribution in [0.5, 0.6) is 0 Å². The van der Waals surface area contributed by atoms with Crippen LogP contribution in [-0.2, 0) is 11.2 Å². The van der Waals surface area contributed by atoms with Gasteiger partial charge in [0, 0.05) is 12.0 Å². The van der Waals surface area contributed by atoms with Crippen molar-refractivity contribution in [1.82, 2.24) is 9.97 Å². The number of methoxy groups -OCH3 is 1. The highest BCUT2D eigenvalue weighted by Crippen LogP contribution is 2.23. The predicted octanol–water partition coefficient (Wildman–Crippen LogP) is 3.45. The molecular formula is C18H16N2O2. The highest BCUT2D eigenvalue weighted by molar-refractivity contribution is 5.94. The molecule has 2 aromatic carbocycles. The minimum atomic E-state index is -0.411. The SMILES string of the molecule is COC(=O)c1[nH]c(Cc2ccccc2)nc1-c1ccccc1. The van der Waals surface area contributed by atoms with Crippen LogP contribution in [0.2, 0.25) is 0 Å². The molecule has 0 unspecified atom stereocenters. The number of hydrogen-bond acceptors (Lipinski definition) is 3. The summed E-state index contributed by atoms with van der Waals surface area (Å²) in [6.07, 6.45) is 0.637. The van der Waals surface area contributed by atoms with Gasteiger partial charge < -0.3 is 9.72 Å². The Bertz CT molecular complexity index is 764. The molecule has 0 radical (unpaired) electrons. The fraction of sp³-hybridized carbons (Fsp3) is 0.111. The fourth-order valence-corrected chi connectivity index (χ4v) is 2.35. The number of aromatic nitrogens is 2. The Kier molecular flexibility index (Phi) is 4.01. The average molecular weight is 292 g/mol. The fourth-order valence-electron chi connectivity index (χ4n) is 2.35. The number of nitrogens with zero attached hydrogens (tertiary/aromatic N) is 1. The van der Waals surface area contributed by atoms with Gasteiger partial charge in [0.1, 0.15) is 11.5 Å². The summed E-state index contributed by atoms with van der Waals surface area (Å²) in [7, 11) is 1.37. The quantitative estimate of drug-likeness (QED) is 0.749. The largest absolute Gasteiger partial charge is 0.464 e. The van der Waals surface area contributed by atoms with Crippen molar-refractivity contribution in [3.8, 4) is 11.3 Å². The number of nitrogens with one attached hydrogen (secondary N) is 1. The number of rotatable bonds is 4. The predicted molar refractivity (Wildman–Crippen MR) is 84.6 cm³/mol. The van der Waals surface area contributed by atoms with Crippen molar-refractivity contribution in [1.29, 1.82) is 0 Å². The summed E-state index contributed by atoms with van der Waals surface area (Å²) in [4.78, 5) is 19.7. The van der Waals surface area contributed by atoms with Gasteiger partial charge >= 0.3 is 5.97 Å². The monoisotopic (exact) mass is 292 g/mol. The van der Waals surface area contributed by atoms with Crippen LogP contribution >= 0.6 is 0 Å². The maximum absolute atomic E-state index is 12.0. The van der Waals surface area contributed by atoms with Crippen molar-refractivity contribution >= 4 is 5.97 Å². The van der Waals surface area contributed by atoms with E-state index in [1.54, 1.807) is 0 Å². The highest BCUT2D eigenvalue weighted by Gasteiger charge is 2.19. The molecule has 3 aromatic rings. The third kappa shape index (κ3) is 2.91. The molecule has 0 aliphatic rings. The van der Waals surface area contributed by atoms with Gasteiger partial charge in [-0.1, -0.05) is 60.7 Å². The first-order valence-corrected chi connectivity index (χ1v) is 7.04. The van der Waals surface area contributed by atoms with Crippen molar-refractivity contribution in [3.05, 3.63) is 77.7 Å². The van der Waals surface area contributed by atoms with Gasteiger partial charge in [-0.15, -0.1) is 0 Å². The molecule has 0 saturated heterocycles. The lowest BCUT2D eigenvalue weighted by Crippen LogP contribution is -2.03. The van der Waals surface area contributed by atoms with Crippen LogP contribution in [0.4, 0.5) is 0 Å². The van der Waals surface area contributed by atoms with E-state index in [-0.39, 0.29) is 0 Å². The average Bonchev–Trinajstić information content (AvgIpc) is 3.00. The van der Waals surface area contributed by atoms with E-state index in [0.29, 0.717) is 17.8 Å². The Morgan fingerprint density at radius 2 is 1.68 bits per heavy atom. The minimum Gasteiger partial charge on any atom is -0.464 e. The van der Waals surface area contributed by atoms with E-state index in [4.69, 9.17) is 4.74 Å². The van der Waals surface area contributed by atoms with E-state index < -0.39 is 5.97 Å². The summed E-state index contributed by atoms with van der Waals surface area (Å²) in [6, 6.07) is 19.6. The number of aromatic amines is 1. The van der Waals surface area contributed by atoms with E-state index in [2.05, 4.69) is 9.97 Å². The van der Waals surface area contributed by atoms with Crippen molar-refractivity contribution < 1.29 is 9.53 Å². The molecule has 22 heavy (non-hydrogen) atoms. The smallest absolute Gasteiger partial charge is 0.356 e. The van der Waals surface area contributed by atoms with Gasteiger partial charge in [-0.3, -0.25) is 0 Å². The summed E-state index contributed by atoms with van der Waals surface area (Å²) >= 11 is 0. The number of imidazole rings is 1. The van der Waals surface area contributed by atoms with E-state index >= 15 is 0 Å². The Balaban J connectivity index is 2.00. The second-order valence-electron chi connectivity index (χ2n) is 4.93. The number of ether oxygens (including phenoxy) is 1. The van der Waals surface area contributed by atoms with Crippen LogP contribution in [0.15, 0.2) is 60.7 Å². The summed E-state index contributed by atoms with van der Waals surface area (Å²) in [6.45, 7) is 0. The standard InChI is InChI=1S/C18H16N2O2/c1-22-18(21)17-16(14-10-6-3-7-11-14)19-15(20-17)12-13-8-4-2-5-9-13/h2-11H,12H2,1H3,(H,19,20). The lowest BCUT2D eigenvalue weighted by Gasteiger charge is -2.00. The van der Waals surface area contributed by atoms with Gasteiger partial charge in [0.2, 0.25) is 0 Å². The molecular weight excluding hydrogens is 276 g/mol. The van der Waals surface area contributed by atoms with Crippen molar-refractivity contribution in [3.63, 3.8) is 0 Å². The molecule has 1 N–H and O–H groups in total. The lowest BCUT2D eigenvalue weighted by molar-refractivity contribution is 0.0595. The second kappa shape index (κ2) is 6.26. The molecule has 0 spiro atoms. The Morgan fingerprint density at radius 3 is 2.32 bits per heavy atom. The highest BCUT2D eigenvalue weighted by atomic mass is 16.5. The van der Waals surface area contributed by atoms with Crippen molar-refractivity contribution in [2.24, 2.45) is 0 Å². The zero-order chi connectivity index (χ0) is 15.4. The maximum Gasteiger partial charge on any atom is 0.356 e. The molecule has 110 valence electrons. The molecule has 3 rings (SSSR count). The van der Waals surface area contributed by atoms with E-state index in [0.717, 1.165) is 17.0 Å². The second-order valence-corrected chi connectivity index (χ2v) is 4.93. The van der Waals surface area contributed by atoms with Crippen LogP contribution in [0.3, 0.4) is 0 Å². The molecule has 4 nitrogen and oxygen atoms in total. The number of H-pyrrole nitrogens is 1. The third-order valence-electron chi connectivity index (χ3n) is 3.40. The van der Waals surface area contributed by atoms with Gasteiger partial charge in [0.25, 0.3) is 0 Å². The van der Waals surface area contributed by atoms with Crippen LogP contribution < -0.4 is 0 Å². The van der Waals surface area contributed by atoms with E-state index in [1.807, 2.05) is 60.7 Å². The van der Waals surface area contributed by atoms with Crippen LogP contribution in [0, 0.1) is 0 Å². The number of esters is 1. The van der Waals surface area contributed by atoms with Gasteiger partial charge in [0.05, 0.1) is 7.11 Å². The molecule has 0 aliphatic heterocycles. The molecule has 0 amide bonds. The summed E-state index contributed by atoms with van der Waals surface area (Å²) in [5, 5.41) is 0. The van der Waals surface area contributed by atoms with Gasteiger partial charge in [-0.05, 0) is 5.56 Å². The molecule has 0 fully saturated rings. The number of carbonyl (C=O) groups excluding carboxylic acids is 1. The summed E-state index contributed by atoms with van der Waals surface area (Å²) in [5.41, 5.74) is 3.03. The molecule has 0 atom stereocenters. The molecule has 1 heterocycles. The molecule has 0 bridgehead atoms. The normalized spacial score (nSPS) is 10.4. The van der Waals surface area contributed by atoms with Crippen molar-refractivity contribution in [2.75, 3.05) is 7.11 Å². The first-order chi connectivity index (χ1) is 10.8. The maximum atomic E-state index is 12.0. The summed E-state index contributed by atoms with van der Waals surface area (Å²) in [5.74, 6) is 0.330.